The molecule has 1 amide bonds. The number of halogens is 1. The fraction of sp³-hybridized carbons (Fsp3) is 0.250. The normalized spacial score (nSPS) is 10.9. The third kappa shape index (κ3) is 4.18. The lowest BCUT2D eigenvalue weighted by atomic mass is 10.2. The van der Waals surface area contributed by atoms with Crippen molar-refractivity contribution in [2.45, 2.75) is 26.3 Å². The van der Waals surface area contributed by atoms with Gasteiger partial charge in [-0.15, -0.1) is 11.3 Å². The second-order valence-corrected chi connectivity index (χ2v) is 6.90. The van der Waals surface area contributed by atoms with Gasteiger partial charge in [-0.05, 0) is 24.6 Å². The Morgan fingerprint density at radius 3 is 2.67 bits per heavy atom. The first-order chi connectivity index (χ1) is 11.5. The molecule has 2 heterocycles. The van der Waals surface area contributed by atoms with E-state index >= 15 is 0 Å². The van der Waals surface area contributed by atoms with Crippen molar-refractivity contribution in [2.24, 2.45) is 5.73 Å². The minimum atomic E-state index is -0.449. The number of hydrogen-bond acceptors (Lipinski definition) is 5. The first kappa shape index (κ1) is 16.6. The van der Waals surface area contributed by atoms with Crippen LogP contribution < -0.4 is 5.73 Å². The van der Waals surface area contributed by atoms with Gasteiger partial charge in [0, 0.05) is 10.4 Å². The second kappa shape index (κ2) is 7.11. The van der Waals surface area contributed by atoms with Crippen LogP contribution in [0.4, 0.5) is 0 Å². The molecule has 2 aromatic heterocycles. The van der Waals surface area contributed by atoms with Gasteiger partial charge in [-0.25, -0.2) is 14.6 Å². The molecule has 0 radical (unpaired) electrons. The maximum atomic E-state index is 11.2. The summed E-state index contributed by atoms with van der Waals surface area (Å²) < 4.78 is 1.79. The minimum Gasteiger partial charge on any atom is -0.369 e. The SMILES string of the molecule is Cc1nc(Cc2nc(CC(N)=O)nn2Cc2ccc(Cl)cc2)cs1. The number of hydrogen-bond donors (Lipinski definition) is 1. The van der Waals surface area contributed by atoms with Gasteiger partial charge in [0.25, 0.3) is 0 Å². The molecule has 0 unspecified atom stereocenters. The maximum absolute atomic E-state index is 11.2. The van der Waals surface area contributed by atoms with Crippen LogP contribution in [0.3, 0.4) is 0 Å². The van der Waals surface area contributed by atoms with E-state index in [4.69, 9.17) is 17.3 Å². The van der Waals surface area contributed by atoms with E-state index in [0.717, 1.165) is 22.1 Å². The molecular weight excluding hydrogens is 346 g/mol. The van der Waals surface area contributed by atoms with E-state index in [0.29, 0.717) is 23.8 Å². The van der Waals surface area contributed by atoms with Crippen molar-refractivity contribution >= 4 is 28.8 Å². The van der Waals surface area contributed by atoms with Crippen LogP contribution in [0.5, 0.6) is 0 Å². The Bertz CT molecular complexity index is 856. The van der Waals surface area contributed by atoms with Crippen LogP contribution in [0.15, 0.2) is 29.6 Å². The van der Waals surface area contributed by atoms with E-state index < -0.39 is 5.91 Å². The zero-order valence-electron chi connectivity index (χ0n) is 13.1. The second-order valence-electron chi connectivity index (χ2n) is 5.41. The van der Waals surface area contributed by atoms with E-state index in [1.54, 1.807) is 16.0 Å². The molecule has 24 heavy (non-hydrogen) atoms. The zero-order valence-corrected chi connectivity index (χ0v) is 14.6. The number of aryl methyl sites for hydroxylation is 1. The molecule has 3 aromatic rings. The van der Waals surface area contributed by atoms with Gasteiger partial charge in [0.05, 0.1) is 30.1 Å². The molecule has 0 fully saturated rings. The van der Waals surface area contributed by atoms with E-state index in [9.17, 15) is 4.79 Å². The highest BCUT2D eigenvalue weighted by atomic mass is 35.5. The topological polar surface area (TPSA) is 86.7 Å². The summed E-state index contributed by atoms with van der Waals surface area (Å²) in [7, 11) is 0. The van der Waals surface area contributed by atoms with Crippen molar-refractivity contribution < 1.29 is 4.79 Å². The number of thiazole rings is 1. The molecule has 1 aromatic carbocycles. The summed E-state index contributed by atoms with van der Waals surface area (Å²) in [6.45, 7) is 2.51. The summed E-state index contributed by atoms with van der Waals surface area (Å²) in [4.78, 5) is 20.1. The largest absolute Gasteiger partial charge is 0.369 e. The predicted molar refractivity (Wildman–Crippen MR) is 93.1 cm³/mol. The van der Waals surface area contributed by atoms with Crippen LogP contribution in [0.1, 0.15) is 27.9 Å². The van der Waals surface area contributed by atoms with E-state index in [2.05, 4.69) is 15.1 Å². The summed E-state index contributed by atoms with van der Waals surface area (Å²) >= 11 is 7.52. The van der Waals surface area contributed by atoms with E-state index in [1.165, 1.54) is 0 Å². The Morgan fingerprint density at radius 1 is 1.29 bits per heavy atom. The van der Waals surface area contributed by atoms with Gasteiger partial charge in [0.2, 0.25) is 5.91 Å². The number of carbonyl (C=O) groups is 1. The van der Waals surface area contributed by atoms with E-state index in [-0.39, 0.29) is 6.42 Å². The molecule has 0 aliphatic rings. The van der Waals surface area contributed by atoms with Crippen LogP contribution in [0, 0.1) is 6.92 Å². The molecule has 124 valence electrons. The van der Waals surface area contributed by atoms with Crippen LogP contribution in [-0.4, -0.2) is 25.7 Å². The Balaban J connectivity index is 1.88. The van der Waals surface area contributed by atoms with Crippen LogP contribution in [0.2, 0.25) is 5.02 Å². The lowest BCUT2D eigenvalue weighted by Crippen LogP contribution is -2.15. The zero-order chi connectivity index (χ0) is 17.1. The number of amides is 1. The number of nitrogens with zero attached hydrogens (tertiary/aromatic N) is 4. The number of primary amides is 1. The molecule has 6 nitrogen and oxygen atoms in total. The first-order valence-electron chi connectivity index (χ1n) is 7.36. The molecule has 0 spiro atoms. The molecule has 0 saturated heterocycles. The number of rotatable bonds is 6. The summed E-state index contributed by atoms with van der Waals surface area (Å²) in [5.41, 5.74) is 7.24. The third-order valence-corrected chi connectivity index (χ3v) is 4.45. The van der Waals surface area contributed by atoms with Crippen LogP contribution >= 0.6 is 22.9 Å². The summed E-state index contributed by atoms with van der Waals surface area (Å²) in [5.74, 6) is 0.736. The predicted octanol–water partition coefficient (Wildman–Crippen LogP) is 2.36. The Morgan fingerprint density at radius 2 is 2.04 bits per heavy atom. The van der Waals surface area contributed by atoms with Crippen molar-refractivity contribution in [2.75, 3.05) is 0 Å². The van der Waals surface area contributed by atoms with Gasteiger partial charge in [-0.2, -0.15) is 5.10 Å². The molecule has 0 aliphatic heterocycles. The molecule has 8 heteroatoms. The van der Waals surface area contributed by atoms with Crippen LogP contribution in [0.25, 0.3) is 0 Å². The standard InChI is InChI=1S/C16H16ClN5OS/c1-10-19-13(9-24-10)6-16-20-15(7-14(18)23)21-22(16)8-11-2-4-12(17)5-3-11/h2-5,9H,6-8H2,1H3,(H2,18,23). The van der Waals surface area contributed by atoms with Crippen molar-refractivity contribution in [3.8, 4) is 0 Å². The molecule has 0 aliphatic carbocycles. The Hall–Kier alpha value is -2.25. The highest BCUT2D eigenvalue weighted by Gasteiger charge is 2.14. The average Bonchev–Trinajstić information content (AvgIpc) is 3.08. The van der Waals surface area contributed by atoms with Gasteiger partial charge in [-0.1, -0.05) is 23.7 Å². The minimum absolute atomic E-state index is 0.0245. The molecular formula is C16H16ClN5OS. The van der Waals surface area contributed by atoms with Gasteiger partial charge >= 0.3 is 0 Å². The van der Waals surface area contributed by atoms with Gasteiger partial charge in [0.15, 0.2) is 5.82 Å². The molecule has 0 atom stereocenters. The third-order valence-electron chi connectivity index (χ3n) is 3.38. The van der Waals surface area contributed by atoms with Gasteiger partial charge in [0.1, 0.15) is 5.82 Å². The number of benzene rings is 1. The highest BCUT2D eigenvalue weighted by Crippen LogP contribution is 2.15. The lowest BCUT2D eigenvalue weighted by molar-refractivity contribution is -0.117. The number of nitrogens with two attached hydrogens (primary N) is 1. The Kier molecular flexibility index (Phi) is 4.92. The van der Waals surface area contributed by atoms with Crippen molar-refractivity contribution in [1.29, 1.82) is 0 Å². The summed E-state index contributed by atoms with van der Waals surface area (Å²) in [6.07, 6.45) is 0.584. The highest BCUT2D eigenvalue weighted by molar-refractivity contribution is 7.09. The summed E-state index contributed by atoms with van der Waals surface area (Å²) in [6, 6.07) is 7.55. The number of carbonyl (C=O) groups excluding carboxylic acids is 1. The molecule has 2 N–H and O–H groups in total. The summed E-state index contributed by atoms with van der Waals surface area (Å²) in [5, 5.41) is 8.11. The lowest BCUT2D eigenvalue weighted by Gasteiger charge is -2.05. The first-order valence-corrected chi connectivity index (χ1v) is 8.61. The van der Waals surface area contributed by atoms with Gasteiger partial charge in [-0.3, -0.25) is 4.79 Å². The Labute approximate surface area is 148 Å². The quantitative estimate of drug-likeness (QED) is 0.730. The molecule has 0 bridgehead atoms. The number of aromatic nitrogens is 4. The van der Waals surface area contributed by atoms with Gasteiger partial charge < -0.3 is 5.73 Å². The van der Waals surface area contributed by atoms with Crippen molar-refractivity contribution in [3.63, 3.8) is 0 Å². The smallest absolute Gasteiger partial charge is 0.225 e. The van der Waals surface area contributed by atoms with Crippen LogP contribution in [-0.2, 0) is 24.2 Å². The van der Waals surface area contributed by atoms with E-state index in [1.807, 2.05) is 36.6 Å². The molecule has 0 saturated carbocycles. The fourth-order valence-electron chi connectivity index (χ4n) is 2.33. The maximum Gasteiger partial charge on any atom is 0.225 e. The molecule has 3 rings (SSSR count). The monoisotopic (exact) mass is 361 g/mol. The van der Waals surface area contributed by atoms with Crippen molar-refractivity contribution in [3.05, 3.63) is 62.6 Å². The van der Waals surface area contributed by atoms with Crippen molar-refractivity contribution in [1.82, 2.24) is 19.7 Å². The fourth-order valence-corrected chi connectivity index (χ4v) is 3.07. The average molecular weight is 362 g/mol.